The van der Waals surface area contributed by atoms with Crippen molar-refractivity contribution >= 4 is 17.0 Å². The van der Waals surface area contributed by atoms with Crippen molar-refractivity contribution in [3.05, 3.63) is 23.8 Å². The van der Waals surface area contributed by atoms with Crippen molar-refractivity contribution in [3.63, 3.8) is 0 Å². The third-order valence-electron chi connectivity index (χ3n) is 2.23. The molecule has 1 aromatic carbocycles. The van der Waals surface area contributed by atoms with Crippen LogP contribution in [0.1, 0.15) is 5.56 Å². The van der Waals surface area contributed by atoms with Gasteiger partial charge in [-0.2, -0.15) is 0 Å². The second-order valence-corrected chi connectivity index (χ2v) is 3.02. The van der Waals surface area contributed by atoms with Crippen molar-refractivity contribution in [1.29, 1.82) is 0 Å². The van der Waals surface area contributed by atoms with Crippen LogP contribution < -0.4 is 11.5 Å². The van der Waals surface area contributed by atoms with Gasteiger partial charge < -0.3 is 16.0 Å². The van der Waals surface area contributed by atoms with E-state index in [0.717, 1.165) is 16.6 Å². The van der Waals surface area contributed by atoms with E-state index in [1.807, 2.05) is 29.8 Å². The van der Waals surface area contributed by atoms with Crippen molar-refractivity contribution in [2.24, 2.45) is 12.8 Å². The Kier molecular flexibility index (Phi) is 1.70. The number of imidazole rings is 1. The number of nitrogen functional groups attached to an aromatic ring is 1. The third kappa shape index (κ3) is 1.07. The van der Waals surface area contributed by atoms with Gasteiger partial charge in [-0.25, -0.2) is 4.98 Å². The van der Waals surface area contributed by atoms with Crippen LogP contribution in [0.4, 0.5) is 5.95 Å². The van der Waals surface area contributed by atoms with Gasteiger partial charge in [0, 0.05) is 13.6 Å². The first-order valence-electron chi connectivity index (χ1n) is 4.14. The molecule has 0 bridgehead atoms. The van der Waals surface area contributed by atoms with Gasteiger partial charge in [0.15, 0.2) is 0 Å². The maximum atomic E-state index is 5.69. The van der Waals surface area contributed by atoms with Crippen molar-refractivity contribution < 1.29 is 0 Å². The minimum absolute atomic E-state index is 0.510. The van der Waals surface area contributed by atoms with Crippen LogP contribution in [0.15, 0.2) is 18.2 Å². The molecule has 4 N–H and O–H groups in total. The summed E-state index contributed by atoms with van der Waals surface area (Å²) >= 11 is 0. The first-order valence-corrected chi connectivity index (χ1v) is 4.14. The number of hydrogen-bond acceptors (Lipinski definition) is 3. The lowest BCUT2D eigenvalue weighted by atomic mass is 10.2. The molecule has 4 heteroatoms. The van der Waals surface area contributed by atoms with Crippen LogP contribution in [0.3, 0.4) is 0 Å². The highest BCUT2D eigenvalue weighted by molar-refractivity contribution is 5.81. The highest BCUT2D eigenvalue weighted by Gasteiger charge is 2.07. The van der Waals surface area contributed by atoms with E-state index >= 15 is 0 Å². The van der Waals surface area contributed by atoms with Gasteiger partial charge in [0.25, 0.3) is 0 Å². The van der Waals surface area contributed by atoms with E-state index in [2.05, 4.69) is 4.98 Å². The van der Waals surface area contributed by atoms with Gasteiger partial charge in [0.05, 0.1) is 11.0 Å². The van der Waals surface area contributed by atoms with Crippen LogP contribution in [0.25, 0.3) is 11.0 Å². The monoisotopic (exact) mass is 176 g/mol. The number of hydrogen-bond donors (Lipinski definition) is 2. The molecule has 0 saturated carbocycles. The van der Waals surface area contributed by atoms with Crippen LogP contribution in [0.5, 0.6) is 0 Å². The fourth-order valence-electron chi connectivity index (χ4n) is 1.53. The lowest BCUT2D eigenvalue weighted by Crippen LogP contribution is -2.01. The summed E-state index contributed by atoms with van der Waals surface area (Å²) in [6.45, 7) is 0.510. The van der Waals surface area contributed by atoms with Crippen LogP contribution in [0, 0.1) is 0 Å². The zero-order valence-corrected chi connectivity index (χ0v) is 7.49. The molecule has 0 aliphatic carbocycles. The molecule has 0 amide bonds. The summed E-state index contributed by atoms with van der Waals surface area (Å²) < 4.78 is 1.86. The number of rotatable bonds is 1. The Labute approximate surface area is 76.2 Å². The summed E-state index contributed by atoms with van der Waals surface area (Å²) in [6, 6.07) is 5.87. The molecule has 13 heavy (non-hydrogen) atoms. The lowest BCUT2D eigenvalue weighted by molar-refractivity contribution is 0.948. The highest BCUT2D eigenvalue weighted by atomic mass is 15.1. The Morgan fingerprint density at radius 3 is 2.92 bits per heavy atom. The van der Waals surface area contributed by atoms with Crippen LogP contribution in [0.2, 0.25) is 0 Å². The Bertz CT molecular complexity index is 444. The van der Waals surface area contributed by atoms with Gasteiger partial charge in [-0.1, -0.05) is 12.1 Å². The summed E-state index contributed by atoms with van der Waals surface area (Å²) in [5, 5.41) is 0. The molecule has 0 aliphatic heterocycles. The Balaban J connectivity index is 2.87. The normalized spacial score (nSPS) is 10.9. The first kappa shape index (κ1) is 8.07. The molecule has 4 nitrogen and oxygen atoms in total. The van der Waals surface area contributed by atoms with Gasteiger partial charge in [-0.3, -0.25) is 0 Å². The minimum Gasteiger partial charge on any atom is -0.369 e. The molecule has 0 spiro atoms. The molecule has 0 atom stereocenters. The summed E-state index contributed by atoms with van der Waals surface area (Å²) in [4.78, 5) is 4.21. The van der Waals surface area contributed by atoms with E-state index in [0.29, 0.717) is 12.5 Å². The molecule has 0 aliphatic rings. The van der Waals surface area contributed by atoms with Crippen LogP contribution in [-0.4, -0.2) is 9.55 Å². The predicted octanol–water partition coefficient (Wildman–Crippen LogP) is 0.614. The van der Waals surface area contributed by atoms with Crippen LogP contribution in [-0.2, 0) is 13.6 Å². The zero-order chi connectivity index (χ0) is 9.42. The van der Waals surface area contributed by atoms with Crippen molar-refractivity contribution in [3.8, 4) is 0 Å². The summed E-state index contributed by atoms with van der Waals surface area (Å²) in [5.74, 6) is 0.524. The topological polar surface area (TPSA) is 69.9 Å². The molecule has 0 fully saturated rings. The molecule has 2 rings (SSSR count). The van der Waals surface area contributed by atoms with E-state index in [-0.39, 0.29) is 0 Å². The molecule has 0 unspecified atom stereocenters. The highest BCUT2D eigenvalue weighted by Crippen LogP contribution is 2.19. The quantitative estimate of drug-likeness (QED) is 0.669. The molecule has 1 heterocycles. The summed E-state index contributed by atoms with van der Waals surface area (Å²) in [7, 11) is 1.89. The Morgan fingerprint density at radius 1 is 1.46 bits per heavy atom. The maximum absolute atomic E-state index is 5.69. The maximum Gasteiger partial charge on any atom is 0.200 e. The van der Waals surface area contributed by atoms with E-state index in [1.54, 1.807) is 0 Å². The number of fused-ring (bicyclic) bond motifs is 1. The Morgan fingerprint density at radius 2 is 2.23 bits per heavy atom. The molecule has 68 valence electrons. The predicted molar refractivity (Wildman–Crippen MR) is 53.0 cm³/mol. The van der Waals surface area contributed by atoms with Crippen LogP contribution >= 0.6 is 0 Å². The van der Waals surface area contributed by atoms with Gasteiger partial charge in [-0.05, 0) is 11.6 Å². The van der Waals surface area contributed by atoms with Gasteiger partial charge in [0.1, 0.15) is 0 Å². The Hall–Kier alpha value is -1.55. The van der Waals surface area contributed by atoms with Gasteiger partial charge in [-0.15, -0.1) is 0 Å². The number of anilines is 1. The number of aryl methyl sites for hydroxylation is 1. The van der Waals surface area contributed by atoms with Crippen molar-refractivity contribution in [1.82, 2.24) is 9.55 Å². The largest absolute Gasteiger partial charge is 0.369 e. The summed E-state index contributed by atoms with van der Waals surface area (Å²) in [6.07, 6.45) is 0. The van der Waals surface area contributed by atoms with E-state index in [4.69, 9.17) is 11.5 Å². The number of benzene rings is 1. The first-order chi connectivity index (χ1) is 6.24. The average molecular weight is 176 g/mol. The standard InChI is InChI=1S/C9H12N4/c1-13-8-6(5-10)3-2-4-7(8)12-9(13)11/h2-4H,5,10H2,1H3,(H2,11,12). The van der Waals surface area contributed by atoms with Gasteiger partial charge in [0.2, 0.25) is 5.95 Å². The van der Waals surface area contributed by atoms with Crippen molar-refractivity contribution in [2.75, 3.05) is 5.73 Å². The number of nitrogens with zero attached hydrogens (tertiary/aromatic N) is 2. The second kappa shape index (κ2) is 2.74. The molecule has 0 saturated heterocycles. The molecular weight excluding hydrogens is 164 g/mol. The number of para-hydroxylation sites is 1. The minimum atomic E-state index is 0.510. The second-order valence-electron chi connectivity index (χ2n) is 3.02. The fraction of sp³-hybridized carbons (Fsp3) is 0.222. The third-order valence-corrected chi connectivity index (χ3v) is 2.23. The molecular formula is C9H12N4. The average Bonchev–Trinajstić information content (AvgIpc) is 2.43. The SMILES string of the molecule is Cn1c(N)nc2cccc(CN)c21. The van der Waals surface area contributed by atoms with E-state index in [9.17, 15) is 0 Å². The smallest absolute Gasteiger partial charge is 0.200 e. The lowest BCUT2D eigenvalue weighted by Gasteiger charge is -2.01. The zero-order valence-electron chi connectivity index (χ0n) is 7.49. The van der Waals surface area contributed by atoms with Gasteiger partial charge >= 0.3 is 0 Å². The van der Waals surface area contributed by atoms with E-state index < -0.39 is 0 Å². The number of aromatic nitrogens is 2. The summed E-state index contributed by atoms with van der Waals surface area (Å²) in [5.41, 5.74) is 14.3. The van der Waals surface area contributed by atoms with Crippen molar-refractivity contribution in [2.45, 2.75) is 6.54 Å². The molecule has 1 aromatic heterocycles. The molecule has 0 radical (unpaired) electrons. The fourth-order valence-corrected chi connectivity index (χ4v) is 1.53. The molecule has 2 aromatic rings. The van der Waals surface area contributed by atoms with E-state index in [1.165, 1.54) is 0 Å². The number of nitrogens with two attached hydrogens (primary N) is 2.